The normalized spacial score (nSPS) is 15.2. The molecule has 0 fully saturated rings. The molecule has 2 N–H and O–H groups in total. The van der Waals surface area contributed by atoms with Gasteiger partial charge in [0.2, 0.25) is 0 Å². The molecule has 2 rings (SSSR count). The fourth-order valence-electron chi connectivity index (χ4n) is 2.44. The summed E-state index contributed by atoms with van der Waals surface area (Å²) >= 11 is 0. The molecule has 1 amide bonds. The van der Waals surface area contributed by atoms with E-state index in [1.54, 1.807) is 6.92 Å². The van der Waals surface area contributed by atoms with E-state index in [1.165, 1.54) is 6.07 Å². The van der Waals surface area contributed by atoms with Crippen LogP contribution in [0.3, 0.4) is 0 Å². The summed E-state index contributed by atoms with van der Waals surface area (Å²) in [6, 6.07) is 3.36. The number of hydrogen-bond acceptors (Lipinski definition) is 2. The van der Waals surface area contributed by atoms with Crippen LogP contribution in [0.1, 0.15) is 41.8 Å². The Bertz CT molecular complexity index is 526. The van der Waals surface area contributed by atoms with Crippen LogP contribution in [0.25, 0.3) is 5.57 Å². The third-order valence-corrected chi connectivity index (χ3v) is 3.37. The highest BCUT2D eigenvalue weighted by molar-refractivity contribution is 5.96. The second-order valence-electron chi connectivity index (χ2n) is 5.46. The molecule has 3 nitrogen and oxygen atoms in total. The molecule has 1 aliphatic heterocycles. The summed E-state index contributed by atoms with van der Waals surface area (Å²) in [5.41, 5.74) is 2.85. The molecule has 0 aliphatic carbocycles. The maximum Gasteiger partial charge on any atom is 0.254 e. The van der Waals surface area contributed by atoms with E-state index in [0.717, 1.165) is 30.6 Å². The van der Waals surface area contributed by atoms with Crippen LogP contribution in [0.15, 0.2) is 18.2 Å². The molecule has 0 bridgehead atoms. The molecule has 1 aromatic rings. The van der Waals surface area contributed by atoms with Crippen LogP contribution in [0, 0.1) is 12.7 Å². The molecule has 0 atom stereocenters. The predicted octanol–water partition coefficient (Wildman–Crippen LogP) is 2.65. The molecule has 0 unspecified atom stereocenters. The molecular formula is C16H21FN2O. The number of hydrogen-bond donors (Lipinski definition) is 2. The lowest BCUT2D eigenvalue weighted by molar-refractivity contribution is 0.0938. The molecule has 0 aromatic heterocycles. The highest BCUT2D eigenvalue weighted by Crippen LogP contribution is 2.24. The van der Waals surface area contributed by atoms with Gasteiger partial charge in [-0.2, -0.15) is 0 Å². The monoisotopic (exact) mass is 276 g/mol. The Morgan fingerprint density at radius 3 is 2.70 bits per heavy atom. The Morgan fingerprint density at radius 1 is 1.40 bits per heavy atom. The van der Waals surface area contributed by atoms with Crippen LogP contribution >= 0.6 is 0 Å². The van der Waals surface area contributed by atoms with Crippen LogP contribution in [-0.4, -0.2) is 25.0 Å². The van der Waals surface area contributed by atoms with Gasteiger partial charge in [0, 0.05) is 12.6 Å². The third kappa shape index (κ3) is 3.25. The van der Waals surface area contributed by atoms with E-state index in [9.17, 15) is 9.18 Å². The first kappa shape index (κ1) is 14.7. The summed E-state index contributed by atoms with van der Waals surface area (Å²) in [7, 11) is 0. The van der Waals surface area contributed by atoms with Crippen LogP contribution in [-0.2, 0) is 0 Å². The molecular weight excluding hydrogens is 255 g/mol. The molecule has 1 aliphatic rings. The number of carbonyl (C=O) groups excluding carboxylic acids is 1. The van der Waals surface area contributed by atoms with Gasteiger partial charge in [0.15, 0.2) is 0 Å². The fraction of sp³-hybridized carbons (Fsp3) is 0.438. The van der Waals surface area contributed by atoms with Gasteiger partial charge < -0.3 is 10.6 Å². The first-order valence-corrected chi connectivity index (χ1v) is 7.00. The largest absolute Gasteiger partial charge is 0.350 e. The topological polar surface area (TPSA) is 41.1 Å². The summed E-state index contributed by atoms with van der Waals surface area (Å²) in [6.45, 7) is 7.22. The van der Waals surface area contributed by atoms with E-state index in [0.29, 0.717) is 5.56 Å². The van der Waals surface area contributed by atoms with Gasteiger partial charge in [0.1, 0.15) is 5.82 Å². The second-order valence-corrected chi connectivity index (χ2v) is 5.46. The second kappa shape index (κ2) is 6.18. The van der Waals surface area contributed by atoms with Gasteiger partial charge >= 0.3 is 0 Å². The van der Waals surface area contributed by atoms with Crippen LogP contribution in [0.2, 0.25) is 0 Å². The van der Waals surface area contributed by atoms with E-state index < -0.39 is 5.82 Å². The summed E-state index contributed by atoms with van der Waals surface area (Å²) in [6.07, 6.45) is 2.96. The van der Waals surface area contributed by atoms with Crippen molar-refractivity contribution in [3.63, 3.8) is 0 Å². The molecule has 0 radical (unpaired) electrons. The summed E-state index contributed by atoms with van der Waals surface area (Å²) in [5, 5.41) is 5.97. The van der Waals surface area contributed by atoms with Crippen LogP contribution < -0.4 is 10.6 Å². The number of rotatable bonds is 3. The van der Waals surface area contributed by atoms with E-state index in [-0.39, 0.29) is 17.5 Å². The number of benzene rings is 1. The molecule has 4 heteroatoms. The number of nitrogens with one attached hydrogen (secondary N) is 2. The smallest absolute Gasteiger partial charge is 0.254 e. The van der Waals surface area contributed by atoms with Crippen molar-refractivity contribution in [1.29, 1.82) is 0 Å². The van der Waals surface area contributed by atoms with Crippen molar-refractivity contribution >= 4 is 11.5 Å². The van der Waals surface area contributed by atoms with Crippen molar-refractivity contribution in [1.82, 2.24) is 10.6 Å². The molecule has 0 spiro atoms. The predicted molar refractivity (Wildman–Crippen MR) is 79.2 cm³/mol. The van der Waals surface area contributed by atoms with E-state index in [4.69, 9.17) is 0 Å². The zero-order valence-corrected chi connectivity index (χ0v) is 12.2. The van der Waals surface area contributed by atoms with Crippen molar-refractivity contribution in [3.05, 3.63) is 40.7 Å². The van der Waals surface area contributed by atoms with Crippen molar-refractivity contribution in [2.24, 2.45) is 0 Å². The highest BCUT2D eigenvalue weighted by Gasteiger charge is 2.18. The maximum atomic E-state index is 14.3. The Morgan fingerprint density at radius 2 is 2.15 bits per heavy atom. The highest BCUT2D eigenvalue weighted by atomic mass is 19.1. The van der Waals surface area contributed by atoms with Gasteiger partial charge in [0.05, 0.1) is 5.56 Å². The molecule has 0 saturated carbocycles. The quantitative estimate of drug-likeness (QED) is 0.891. The van der Waals surface area contributed by atoms with Crippen molar-refractivity contribution in [2.45, 2.75) is 33.2 Å². The number of amides is 1. The molecule has 1 heterocycles. The van der Waals surface area contributed by atoms with E-state index in [2.05, 4.69) is 16.7 Å². The Balaban J connectivity index is 2.33. The third-order valence-electron chi connectivity index (χ3n) is 3.37. The van der Waals surface area contributed by atoms with E-state index in [1.807, 2.05) is 19.9 Å². The first-order valence-electron chi connectivity index (χ1n) is 7.00. The average molecular weight is 276 g/mol. The lowest BCUT2D eigenvalue weighted by Crippen LogP contribution is -2.31. The maximum absolute atomic E-state index is 14.3. The van der Waals surface area contributed by atoms with Crippen molar-refractivity contribution in [3.8, 4) is 0 Å². The van der Waals surface area contributed by atoms with Crippen molar-refractivity contribution in [2.75, 3.05) is 13.1 Å². The lowest BCUT2D eigenvalue weighted by atomic mass is 9.95. The Hall–Kier alpha value is -1.68. The van der Waals surface area contributed by atoms with Gasteiger partial charge in [-0.1, -0.05) is 12.1 Å². The van der Waals surface area contributed by atoms with Crippen LogP contribution in [0.5, 0.6) is 0 Å². The van der Waals surface area contributed by atoms with Gasteiger partial charge in [-0.3, -0.25) is 4.79 Å². The van der Waals surface area contributed by atoms with Gasteiger partial charge in [-0.05, 0) is 56.5 Å². The molecule has 0 saturated heterocycles. The fourth-order valence-corrected chi connectivity index (χ4v) is 2.44. The number of aryl methyl sites for hydroxylation is 1. The SMILES string of the molecule is Cc1cc(C2=CCNCC2)cc(F)c1C(=O)NC(C)C. The minimum absolute atomic E-state index is 0.00639. The van der Waals surface area contributed by atoms with Gasteiger partial charge in [-0.25, -0.2) is 4.39 Å². The first-order chi connectivity index (χ1) is 9.49. The van der Waals surface area contributed by atoms with Crippen LogP contribution in [0.4, 0.5) is 4.39 Å². The molecule has 20 heavy (non-hydrogen) atoms. The van der Waals surface area contributed by atoms with Gasteiger partial charge in [0.25, 0.3) is 5.91 Å². The van der Waals surface area contributed by atoms with Gasteiger partial charge in [-0.15, -0.1) is 0 Å². The van der Waals surface area contributed by atoms with Crippen molar-refractivity contribution < 1.29 is 9.18 Å². The summed E-state index contributed by atoms with van der Waals surface area (Å²) in [4.78, 5) is 12.0. The zero-order valence-electron chi connectivity index (χ0n) is 12.2. The minimum Gasteiger partial charge on any atom is -0.350 e. The van der Waals surface area contributed by atoms with E-state index >= 15 is 0 Å². The standard InChI is InChI=1S/C16H21FN2O/c1-10(2)19-16(20)15-11(3)8-13(9-14(15)17)12-4-6-18-7-5-12/h4,8-10,18H,5-7H2,1-3H3,(H,19,20). The minimum atomic E-state index is -0.447. The summed E-state index contributed by atoms with van der Waals surface area (Å²) in [5.74, 6) is -0.793. The molecule has 108 valence electrons. The Labute approximate surface area is 119 Å². The Kier molecular flexibility index (Phi) is 4.55. The average Bonchev–Trinajstić information content (AvgIpc) is 2.38. The molecule has 1 aromatic carbocycles. The number of carbonyl (C=O) groups is 1. The lowest BCUT2D eigenvalue weighted by Gasteiger charge is -2.17. The summed E-state index contributed by atoms with van der Waals surface area (Å²) < 4.78 is 14.3. The number of halogens is 1. The zero-order chi connectivity index (χ0) is 14.7.